The first-order chi connectivity index (χ1) is 6.45. The van der Waals surface area contributed by atoms with E-state index < -0.39 is 0 Å². The minimum Gasteiger partial charge on any atom is -0.474 e. The number of pyridine rings is 1. The van der Waals surface area contributed by atoms with E-state index >= 15 is 0 Å². The second kappa shape index (κ2) is 4.26. The lowest BCUT2D eigenvalue weighted by Gasteiger charge is -2.21. The molecule has 69 valence electrons. The molecule has 0 atom stereocenters. The molecule has 0 aromatic carbocycles. The summed E-state index contributed by atoms with van der Waals surface area (Å²) in [5, 5.41) is 0. The van der Waals surface area contributed by atoms with E-state index in [9.17, 15) is 0 Å². The lowest BCUT2D eigenvalue weighted by atomic mass is 9.98. The van der Waals surface area contributed by atoms with Gasteiger partial charge in [-0.25, -0.2) is 4.98 Å². The van der Waals surface area contributed by atoms with E-state index in [0.29, 0.717) is 6.10 Å². The van der Waals surface area contributed by atoms with Gasteiger partial charge in [0, 0.05) is 6.07 Å². The zero-order valence-electron chi connectivity index (χ0n) is 7.70. The fourth-order valence-corrected chi connectivity index (χ4v) is 1.73. The second-order valence-electron chi connectivity index (χ2n) is 3.48. The standard InChI is InChI=1S/C11H14NO/c1-2-6-10(7-3-1)13-11-8-4-5-9-12-11/h4-5,8,10H,1-3,6-7H2. The predicted octanol–water partition coefficient (Wildman–Crippen LogP) is 2.59. The van der Waals surface area contributed by atoms with E-state index in [0.717, 1.165) is 5.88 Å². The summed E-state index contributed by atoms with van der Waals surface area (Å²) in [6, 6.07) is 5.59. The molecule has 1 aromatic rings. The zero-order valence-corrected chi connectivity index (χ0v) is 7.70. The molecule has 13 heavy (non-hydrogen) atoms. The smallest absolute Gasteiger partial charge is 0.214 e. The molecule has 1 saturated carbocycles. The van der Waals surface area contributed by atoms with Crippen molar-refractivity contribution in [1.82, 2.24) is 4.98 Å². The summed E-state index contributed by atoms with van der Waals surface area (Å²) < 4.78 is 5.71. The quantitative estimate of drug-likeness (QED) is 0.691. The van der Waals surface area contributed by atoms with E-state index in [2.05, 4.69) is 11.2 Å². The summed E-state index contributed by atoms with van der Waals surface area (Å²) in [5.41, 5.74) is 0. The van der Waals surface area contributed by atoms with Crippen LogP contribution in [0.25, 0.3) is 0 Å². The first kappa shape index (κ1) is 8.54. The highest BCUT2D eigenvalue weighted by molar-refractivity contribution is 5.09. The van der Waals surface area contributed by atoms with Crippen LogP contribution in [0, 0.1) is 6.20 Å². The molecule has 2 nitrogen and oxygen atoms in total. The van der Waals surface area contributed by atoms with Crippen LogP contribution in [-0.2, 0) is 0 Å². The summed E-state index contributed by atoms with van der Waals surface area (Å²) >= 11 is 0. The molecule has 1 aromatic heterocycles. The molecule has 0 bridgehead atoms. The average Bonchev–Trinajstić information content (AvgIpc) is 2.21. The van der Waals surface area contributed by atoms with Crippen LogP contribution in [0.2, 0.25) is 0 Å². The first-order valence-corrected chi connectivity index (χ1v) is 4.95. The van der Waals surface area contributed by atoms with E-state index in [-0.39, 0.29) is 0 Å². The molecule has 0 spiro atoms. The molecule has 2 heteroatoms. The van der Waals surface area contributed by atoms with Crippen molar-refractivity contribution in [2.24, 2.45) is 0 Å². The second-order valence-corrected chi connectivity index (χ2v) is 3.48. The van der Waals surface area contributed by atoms with Gasteiger partial charge in [0.2, 0.25) is 5.88 Å². The van der Waals surface area contributed by atoms with Crippen LogP contribution < -0.4 is 4.74 Å². The highest BCUT2D eigenvalue weighted by atomic mass is 16.5. The number of nitrogens with zero attached hydrogens (tertiary/aromatic N) is 1. The number of ether oxygens (including phenoxy) is 1. The third-order valence-corrected chi connectivity index (χ3v) is 2.42. The lowest BCUT2D eigenvalue weighted by molar-refractivity contribution is 0.148. The van der Waals surface area contributed by atoms with Gasteiger partial charge in [-0.3, -0.25) is 0 Å². The van der Waals surface area contributed by atoms with Crippen molar-refractivity contribution in [3.05, 3.63) is 24.4 Å². The molecule has 1 aliphatic carbocycles. The predicted molar refractivity (Wildman–Crippen MR) is 50.6 cm³/mol. The fraction of sp³-hybridized carbons (Fsp3) is 0.545. The van der Waals surface area contributed by atoms with Crippen LogP contribution in [0.5, 0.6) is 5.88 Å². The van der Waals surface area contributed by atoms with Gasteiger partial charge in [0.25, 0.3) is 0 Å². The SMILES string of the molecule is [c]1cccc(OC2CCCCC2)n1. The van der Waals surface area contributed by atoms with Crippen molar-refractivity contribution >= 4 is 0 Å². The molecule has 0 saturated heterocycles. The molecule has 0 aliphatic heterocycles. The molecule has 0 amide bonds. The molecule has 1 radical (unpaired) electrons. The maximum absolute atomic E-state index is 5.71. The maximum atomic E-state index is 5.71. The fourth-order valence-electron chi connectivity index (χ4n) is 1.73. The topological polar surface area (TPSA) is 22.1 Å². The summed E-state index contributed by atoms with van der Waals surface area (Å²) in [5.74, 6) is 0.717. The molecule has 1 fully saturated rings. The highest BCUT2D eigenvalue weighted by Gasteiger charge is 2.14. The van der Waals surface area contributed by atoms with Gasteiger partial charge in [0.05, 0.1) is 6.20 Å². The van der Waals surface area contributed by atoms with Gasteiger partial charge in [-0.2, -0.15) is 0 Å². The van der Waals surface area contributed by atoms with Gasteiger partial charge >= 0.3 is 0 Å². The highest BCUT2D eigenvalue weighted by Crippen LogP contribution is 2.21. The summed E-state index contributed by atoms with van der Waals surface area (Å²) in [7, 11) is 0. The average molecular weight is 176 g/mol. The molecule has 2 rings (SSSR count). The van der Waals surface area contributed by atoms with Crippen molar-refractivity contribution in [2.75, 3.05) is 0 Å². The van der Waals surface area contributed by atoms with Gasteiger partial charge in [0.1, 0.15) is 6.10 Å². The van der Waals surface area contributed by atoms with Gasteiger partial charge in [-0.15, -0.1) is 0 Å². The Morgan fingerprint density at radius 2 is 2.15 bits per heavy atom. The molecular formula is C11H14NO. The van der Waals surface area contributed by atoms with Crippen LogP contribution in [-0.4, -0.2) is 11.1 Å². The zero-order chi connectivity index (χ0) is 8.93. The summed E-state index contributed by atoms with van der Waals surface area (Å²) in [6.07, 6.45) is 9.46. The van der Waals surface area contributed by atoms with Crippen LogP contribution >= 0.6 is 0 Å². The Morgan fingerprint density at radius 1 is 1.31 bits per heavy atom. The van der Waals surface area contributed by atoms with E-state index in [1.807, 2.05) is 12.1 Å². The van der Waals surface area contributed by atoms with Crippen molar-refractivity contribution in [3.63, 3.8) is 0 Å². The van der Waals surface area contributed by atoms with Crippen LogP contribution in [0.15, 0.2) is 18.2 Å². The molecule has 0 unspecified atom stereocenters. The maximum Gasteiger partial charge on any atom is 0.214 e. The summed E-state index contributed by atoms with van der Waals surface area (Å²) in [6.45, 7) is 0. The monoisotopic (exact) mass is 176 g/mol. The molecular weight excluding hydrogens is 162 g/mol. The van der Waals surface area contributed by atoms with Crippen LogP contribution in [0.1, 0.15) is 32.1 Å². The number of hydrogen-bond donors (Lipinski definition) is 0. The lowest BCUT2D eigenvalue weighted by Crippen LogP contribution is -2.19. The Hall–Kier alpha value is -1.05. The van der Waals surface area contributed by atoms with E-state index in [1.54, 1.807) is 6.07 Å². The Labute approximate surface area is 78.9 Å². The van der Waals surface area contributed by atoms with Crippen LogP contribution in [0.4, 0.5) is 0 Å². The third kappa shape index (κ3) is 2.44. The van der Waals surface area contributed by atoms with Crippen molar-refractivity contribution < 1.29 is 4.74 Å². The van der Waals surface area contributed by atoms with Gasteiger partial charge in [0.15, 0.2) is 0 Å². The third-order valence-electron chi connectivity index (χ3n) is 2.42. The first-order valence-electron chi connectivity index (χ1n) is 4.95. The number of hydrogen-bond acceptors (Lipinski definition) is 2. The molecule has 1 aliphatic rings. The van der Waals surface area contributed by atoms with E-state index in [4.69, 9.17) is 4.74 Å². The Bertz CT molecular complexity index is 242. The minimum absolute atomic E-state index is 0.386. The van der Waals surface area contributed by atoms with Crippen molar-refractivity contribution in [2.45, 2.75) is 38.2 Å². The summed E-state index contributed by atoms with van der Waals surface area (Å²) in [4.78, 5) is 4.03. The Balaban J connectivity index is 1.90. The van der Waals surface area contributed by atoms with E-state index in [1.165, 1.54) is 32.1 Å². The normalized spacial score (nSPS) is 18.5. The van der Waals surface area contributed by atoms with Gasteiger partial charge in [-0.05, 0) is 31.7 Å². The Kier molecular flexibility index (Phi) is 2.80. The molecule has 0 N–H and O–H groups in total. The Morgan fingerprint density at radius 3 is 2.85 bits per heavy atom. The number of aromatic nitrogens is 1. The molecule has 1 heterocycles. The van der Waals surface area contributed by atoms with Crippen LogP contribution in [0.3, 0.4) is 0 Å². The number of rotatable bonds is 2. The van der Waals surface area contributed by atoms with Crippen molar-refractivity contribution in [3.8, 4) is 5.88 Å². The van der Waals surface area contributed by atoms with Gasteiger partial charge < -0.3 is 4.74 Å². The largest absolute Gasteiger partial charge is 0.474 e. The van der Waals surface area contributed by atoms with Crippen molar-refractivity contribution in [1.29, 1.82) is 0 Å². The minimum atomic E-state index is 0.386. The van der Waals surface area contributed by atoms with Gasteiger partial charge in [-0.1, -0.05) is 12.5 Å².